The lowest BCUT2D eigenvalue weighted by molar-refractivity contribution is 0.375. The predicted molar refractivity (Wildman–Crippen MR) is 95.0 cm³/mol. The summed E-state index contributed by atoms with van der Waals surface area (Å²) in [6.07, 6.45) is 7.95. The minimum absolute atomic E-state index is 0.666. The molecule has 0 aromatic heterocycles. The van der Waals surface area contributed by atoms with Gasteiger partial charge < -0.3 is 5.32 Å². The van der Waals surface area contributed by atoms with Crippen LogP contribution in [0, 0.1) is 12.8 Å². The summed E-state index contributed by atoms with van der Waals surface area (Å²) in [5.74, 6) is 1.54. The summed E-state index contributed by atoms with van der Waals surface area (Å²) >= 11 is 0. The third-order valence-corrected chi connectivity index (χ3v) is 4.61. The predicted octanol–water partition coefficient (Wildman–Crippen LogP) is 5.68. The highest BCUT2D eigenvalue weighted by Gasteiger charge is 2.18. The average Bonchev–Trinajstić information content (AvgIpc) is 2.50. The monoisotopic (exact) mass is 289 g/mol. The van der Waals surface area contributed by atoms with Crippen molar-refractivity contribution < 1.29 is 0 Å². The van der Waals surface area contributed by atoms with Crippen molar-refractivity contribution in [2.45, 2.75) is 72.1 Å². The summed E-state index contributed by atoms with van der Waals surface area (Å²) in [5.41, 5.74) is 3.00. The van der Waals surface area contributed by atoms with Crippen LogP contribution in [0.2, 0.25) is 0 Å². The molecule has 0 aliphatic heterocycles. The van der Waals surface area contributed by atoms with Crippen molar-refractivity contribution in [1.29, 1.82) is 0 Å². The van der Waals surface area contributed by atoms with E-state index in [2.05, 4.69) is 57.3 Å². The molecule has 0 amide bonds. The molecular weight excluding hydrogens is 254 g/mol. The maximum atomic E-state index is 3.65. The Morgan fingerprint density at radius 1 is 1.05 bits per heavy atom. The fourth-order valence-corrected chi connectivity index (χ4v) is 3.20. The largest absolute Gasteiger partial charge is 0.316 e. The average molecular weight is 290 g/mol. The van der Waals surface area contributed by atoms with Gasteiger partial charge in [0.05, 0.1) is 0 Å². The molecule has 0 fully saturated rings. The molecule has 1 aromatic carbocycles. The van der Waals surface area contributed by atoms with Crippen LogP contribution in [0.3, 0.4) is 0 Å². The van der Waals surface area contributed by atoms with Gasteiger partial charge in [-0.05, 0) is 49.3 Å². The van der Waals surface area contributed by atoms with E-state index in [1.165, 1.54) is 44.1 Å². The van der Waals surface area contributed by atoms with Gasteiger partial charge in [0.15, 0.2) is 0 Å². The second kappa shape index (κ2) is 10.8. The van der Waals surface area contributed by atoms with Gasteiger partial charge in [0.1, 0.15) is 0 Å². The lowest BCUT2D eigenvalue weighted by Gasteiger charge is -2.25. The fourth-order valence-electron chi connectivity index (χ4n) is 3.20. The normalized spacial score (nSPS) is 14.1. The van der Waals surface area contributed by atoms with E-state index < -0.39 is 0 Å². The van der Waals surface area contributed by atoms with Gasteiger partial charge in [0.25, 0.3) is 0 Å². The van der Waals surface area contributed by atoms with E-state index in [1.54, 1.807) is 5.56 Å². The summed E-state index contributed by atoms with van der Waals surface area (Å²) in [5, 5.41) is 3.65. The van der Waals surface area contributed by atoms with Crippen LogP contribution in [0.1, 0.15) is 76.3 Å². The molecule has 0 spiro atoms. The number of hydrogen-bond donors (Lipinski definition) is 1. The molecule has 2 atom stereocenters. The molecule has 0 radical (unpaired) electrons. The number of rotatable bonds is 11. The minimum atomic E-state index is 0.666. The van der Waals surface area contributed by atoms with E-state index in [0.717, 1.165) is 19.0 Å². The molecule has 1 heteroatoms. The number of hydrogen-bond acceptors (Lipinski definition) is 1. The lowest BCUT2D eigenvalue weighted by atomic mass is 9.83. The molecule has 0 saturated heterocycles. The molecule has 21 heavy (non-hydrogen) atoms. The second-order valence-electron chi connectivity index (χ2n) is 6.41. The Hall–Kier alpha value is -0.820. The molecule has 0 aliphatic carbocycles. The van der Waals surface area contributed by atoms with Crippen molar-refractivity contribution >= 4 is 0 Å². The second-order valence-corrected chi connectivity index (χ2v) is 6.41. The molecule has 1 aromatic rings. The molecule has 1 nitrogen and oxygen atoms in total. The highest BCUT2D eigenvalue weighted by atomic mass is 14.8. The summed E-state index contributed by atoms with van der Waals surface area (Å²) in [4.78, 5) is 0. The maximum Gasteiger partial charge on any atom is 0.00203 e. The van der Waals surface area contributed by atoms with Crippen molar-refractivity contribution in [1.82, 2.24) is 5.32 Å². The van der Waals surface area contributed by atoms with Crippen molar-refractivity contribution in [3.63, 3.8) is 0 Å². The summed E-state index contributed by atoms with van der Waals surface area (Å²) in [6, 6.07) is 8.95. The third kappa shape index (κ3) is 6.65. The van der Waals surface area contributed by atoms with Gasteiger partial charge in [-0.2, -0.15) is 0 Å². The van der Waals surface area contributed by atoms with Crippen LogP contribution >= 0.6 is 0 Å². The Morgan fingerprint density at radius 3 is 2.43 bits per heavy atom. The van der Waals surface area contributed by atoms with Crippen molar-refractivity contribution in [2.24, 2.45) is 5.92 Å². The topological polar surface area (TPSA) is 12.0 Å². The summed E-state index contributed by atoms with van der Waals surface area (Å²) in [7, 11) is 0. The number of benzene rings is 1. The van der Waals surface area contributed by atoms with Crippen molar-refractivity contribution in [3.05, 3.63) is 35.4 Å². The smallest absolute Gasteiger partial charge is 0.00203 e. The number of aryl methyl sites for hydroxylation is 1. The number of nitrogens with one attached hydrogen (secondary N) is 1. The van der Waals surface area contributed by atoms with Gasteiger partial charge in [-0.1, -0.05) is 70.7 Å². The van der Waals surface area contributed by atoms with Gasteiger partial charge in [-0.25, -0.2) is 0 Å². The summed E-state index contributed by atoms with van der Waals surface area (Å²) < 4.78 is 0. The zero-order chi connectivity index (χ0) is 15.5. The molecule has 120 valence electrons. The first-order valence-corrected chi connectivity index (χ1v) is 8.99. The van der Waals surface area contributed by atoms with Gasteiger partial charge in [-0.15, -0.1) is 0 Å². The Balaban J connectivity index is 2.74. The molecule has 0 heterocycles. The first-order valence-electron chi connectivity index (χ1n) is 8.99. The van der Waals surface area contributed by atoms with E-state index >= 15 is 0 Å². The fraction of sp³-hybridized carbons (Fsp3) is 0.700. The van der Waals surface area contributed by atoms with Crippen LogP contribution in [0.5, 0.6) is 0 Å². The molecule has 0 bridgehead atoms. The third-order valence-electron chi connectivity index (χ3n) is 4.61. The van der Waals surface area contributed by atoms with Gasteiger partial charge in [0.2, 0.25) is 0 Å². The molecular formula is C20H35N. The standard InChI is InChI=1S/C20H35N/c1-5-8-12-18(7-3)15-19(16-21-14-6-2)20-13-10-9-11-17(20)4/h9-11,13,18-19,21H,5-8,12,14-16H2,1-4H3. The van der Waals surface area contributed by atoms with Crippen LogP contribution in [0.15, 0.2) is 24.3 Å². The van der Waals surface area contributed by atoms with Crippen molar-refractivity contribution in [2.75, 3.05) is 13.1 Å². The molecule has 0 saturated carbocycles. The number of unbranched alkanes of at least 4 members (excludes halogenated alkanes) is 1. The SMILES string of the molecule is CCCCC(CC)CC(CNCCC)c1ccccc1C. The van der Waals surface area contributed by atoms with Crippen molar-refractivity contribution in [3.8, 4) is 0 Å². The van der Waals surface area contributed by atoms with Crippen LogP contribution in [0.4, 0.5) is 0 Å². The zero-order valence-electron chi connectivity index (χ0n) is 14.6. The van der Waals surface area contributed by atoms with Crippen LogP contribution < -0.4 is 5.32 Å². The Bertz CT molecular complexity index is 372. The van der Waals surface area contributed by atoms with Crippen LogP contribution in [-0.4, -0.2) is 13.1 Å². The quantitative estimate of drug-likeness (QED) is 0.516. The van der Waals surface area contributed by atoms with E-state index in [1.807, 2.05) is 0 Å². The van der Waals surface area contributed by atoms with Crippen LogP contribution in [0.25, 0.3) is 0 Å². The highest BCUT2D eigenvalue weighted by molar-refractivity contribution is 5.29. The molecule has 1 N–H and O–H groups in total. The van der Waals surface area contributed by atoms with E-state index in [9.17, 15) is 0 Å². The van der Waals surface area contributed by atoms with E-state index in [4.69, 9.17) is 0 Å². The first-order chi connectivity index (χ1) is 10.2. The van der Waals surface area contributed by atoms with Crippen LogP contribution in [-0.2, 0) is 0 Å². The van der Waals surface area contributed by atoms with E-state index in [-0.39, 0.29) is 0 Å². The Kier molecular flexibility index (Phi) is 9.41. The van der Waals surface area contributed by atoms with Gasteiger partial charge >= 0.3 is 0 Å². The van der Waals surface area contributed by atoms with Gasteiger partial charge in [0, 0.05) is 6.54 Å². The highest BCUT2D eigenvalue weighted by Crippen LogP contribution is 2.30. The molecule has 2 unspecified atom stereocenters. The maximum absolute atomic E-state index is 3.65. The molecule has 0 aliphatic rings. The lowest BCUT2D eigenvalue weighted by Crippen LogP contribution is -2.24. The Labute approximate surface area is 132 Å². The Morgan fingerprint density at radius 2 is 1.81 bits per heavy atom. The van der Waals surface area contributed by atoms with Gasteiger partial charge in [-0.3, -0.25) is 0 Å². The first kappa shape index (κ1) is 18.2. The zero-order valence-corrected chi connectivity index (χ0v) is 14.6. The van der Waals surface area contributed by atoms with E-state index in [0.29, 0.717) is 5.92 Å². The summed E-state index contributed by atoms with van der Waals surface area (Å²) in [6.45, 7) is 11.4. The molecule has 1 rings (SSSR count). The minimum Gasteiger partial charge on any atom is -0.316 e.